The zero-order valence-electron chi connectivity index (χ0n) is 13.1. The molecule has 1 aliphatic heterocycles. The van der Waals surface area contributed by atoms with Crippen LogP contribution in [0.15, 0.2) is 42.7 Å². The van der Waals surface area contributed by atoms with E-state index < -0.39 is 0 Å². The van der Waals surface area contributed by atoms with Crippen molar-refractivity contribution in [3.63, 3.8) is 0 Å². The Hall–Kier alpha value is -1.82. The third-order valence-electron chi connectivity index (χ3n) is 3.96. The van der Waals surface area contributed by atoms with Crippen molar-refractivity contribution in [2.45, 2.75) is 6.54 Å². The quantitative estimate of drug-likeness (QED) is 0.902. The smallest absolute Gasteiger partial charge is 0.321 e. The summed E-state index contributed by atoms with van der Waals surface area (Å²) in [6, 6.07) is 8.96. The van der Waals surface area contributed by atoms with Crippen LogP contribution in [0.3, 0.4) is 0 Å². The van der Waals surface area contributed by atoms with E-state index in [1.807, 2.05) is 17.2 Å². The van der Waals surface area contributed by atoms with Crippen LogP contribution >= 0.6 is 23.2 Å². The van der Waals surface area contributed by atoms with Gasteiger partial charge in [0.2, 0.25) is 0 Å². The normalized spacial score (nSPS) is 15.3. The van der Waals surface area contributed by atoms with Crippen LogP contribution in [0.2, 0.25) is 10.0 Å². The third-order valence-corrected chi connectivity index (χ3v) is 4.70. The lowest BCUT2D eigenvalue weighted by Gasteiger charge is -2.34. The SMILES string of the molecule is O=C(Nc1ccc(Cl)c(Cl)c1)N1CCN(Cc2cccnc2)CC1. The molecule has 7 heteroatoms. The number of hydrogen-bond donors (Lipinski definition) is 1. The van der Waals surface area contributed by atoms with Gasteiger partial charge in [-0.2, -0.15) is 0 Å². The van der Waals surface area contributed by atoms with Crippen molar-refractivity contribution in [3.8, 4) is 0 Å². The number of pyridine rings is 1. The van der Waals surface area contributed by atoms with E-state index in [4.69, 9.17) is 23.2 Å². The van der Waals surface area contributed by atoms with Gasteiger partial charge in [0.1, 0.15) is 0 Å². The first-order chi connectivity index (χ1) is 11.6. The molecule has 1 aromatic carbocycles. The van der Waals surface area contributed by atoms with Gasteiger partial charge in [-0.1, -0.05) is 29.3 Å². The second-order valence-corrected chi connectivity index (χ2v) is 6.50. The molecule has 5 nitrogen and oxygen atoms in total. The standard InChI is InChI=1S/C17H18Cl2N4O/c18-15-4-3-14(10-16(15)19)21-17(24)23-8-6-22(7-9-23)12-13-2-1-5-20-11-13/h1-5,10-11H,6-9,12H2,(H,21,24). The molecule has 2 heterocycles. The molecule has 0 bridgehead atoms. The Morgan fingerprint density at radius 1 is 1.12 bits per heavy atom. The predicted octanol–water partition coefficient (Wildman–Crippen LogP) is 3.74. The first-order valence-corrected chi connectivity index (χ1v) is 8.49. The zero-order valence-corrected chi connectivity index (χ0v) is 14.6. The molecule has 1 aromatic heterocycles. The highest BCUT2D eigenvalue weighted by atomic mass is 35.5. The monoisotopic (exact) mass is 364 g/mol. The van der Waals surface area contributed by atoms with Crippen molar-refractivity contribution in [3.05, 3.63) is 58.3 Å². The van der Waals surface area contributed by atoms with Crippen LogP contribution in [0.4, 0.5) is 10.5 Å². The summed E-state index contributed by atoms with van der Waals surface area (Å²) < 4.78 is 0. The van der Waals surface area contributed by atoms with Gasteiger partial charge in [-0.3, -0.25) is 9.88 Å². The fourth-order valence-corrected chi connectivity index (χ4v) is 2.93. The largest absolute Gasteiger partial charge is 0.322 e. The Kier molecular flexibility index (Phi) is 5.56. The number of piperazine rings is 1. The summed E-state index contributed by atoms with van der Waals surface area (Å²) in [5.41, 5.74) is 1.83. The summed E-state index contributed by atoms with van der Waals surface area (Å²) in [5.74, 6) is 0. The average Bonchev–Trinajstić information content (AvgIpc) is 2.60. The number of benzene rings is 1. The lowest BCUT2D eigenvalue weighted by molar-refractivity contribution is 0.143. The maximum atomic E-state index is 12.3. The van der Waals surface area contributed by atoms with Gasteiger partial charge in [0.25, 0.3) is 0 Å². The molecule has 3 rings (SSSR count). The van der Waals surface area contributed by atoms with Crippen LogP contribution in [-0.4, -0.2) is 47.0 Å². The van der Waals surface area contributed by atoms with Crippen molar-refractivity contribution in [2.75, 3.05) is 31.5 Å². The number of nitrogens with one attached hydrogen (secondary N) is 1. The van der Waals surface area contributed by atoms with Crippen LogP contribution in [0.1, 0.15) is 5.56 Å². The summed E-state index contributed by atoms with van der Waals surface area (Å²) in [6.45, 7) is 3.91. The molecular formula is C17H18Cl2N4O. The molecule has 0 unspecified atom stereocenters. The van der Waals surface area contributed by atoms with Crippen molar-refractivity contribution >= 4 is 34.9 Å². The number of amides is 2. The highest BCUT2D eigenvalue weighted by Crippen LogP contribution is 2.25. The highest BCUT2D eigenvalue weighted by Gasteiger charge is 2.21. The van der Waals surface area contributed by atoms with Gasteiger partial charge < -0.3 is 10.2 Å². The molecule has 0 spiro atoms. The number of aromatic nitrogens is 1. The molecule has 1 aliphatic rings. The van der Waals surface area contributed by atoms with Crippen LogP contribution < -0.4 is 5.32 Å². The molecule has 0 atom stereocenters. The number of rotatable bonds is 3. The second-order valence-electron chi connectivity index (χ2n) is 5.68. The summed E-state index contributed by atoms with van der Waals surface area (Å²) >= 11 is 11.9. The van der Waals surface area contributed by atoms with E-state index in [1.54, 1.807) is 24.4 Å². The Morgan fingerprint density at radius 3 is 2.58 bits per heavy atom. The first kappa shape index (κ1) is 17.0. The van der Waals surface area contributed by atoms with E-state index in [2.05, 4.69) is 21.3 Å². The number of carbonyl (C=O) groups is 1. The number of halogens is 2. The van der Waals surface area contributed by atoms with E-state index in [-0.39, 0.29) is 6.03 Å². The van der Waals surface area contributed by atoms with Crippen molar-refractivity contribution in [1.29, 1.82) is 0 Å². The molecule has 1 N–H and O–H groups in total. The summed E-state index contributed by atoms with van der Waals surface area (Å²) in [5, 5.41) is 3.76. The van der Waals surface area contributed by atoms with Gasteiger partial charge in [-0.25, -0.2) is 4.79 Å². The Bertz CT molecular complexity index is 703. The summed E-state index contributed by atoms with van der Waals surface area (Å²) in [7, 11) is 0. The first-order valence-electron chi connectivity index (χ1n) is 7.74. The zero-order chi connectivity index (χ0) is 16.9. The second kappa shape index (κ2) is 7.83. The number of anilines is 1. The van der Waals surface area contributed by atoms with Gasteiger partial charge in [-0.15, -0.1) is 0 Å². The molecule has 0 aliphatic carbocycles. The fourth-order valence-electron chi connectivity index (χ4n) is 2.64. The lowest BCUT2D eigenvalue weighted by atomic mass is 10.2. The lowest BCUT2D eigenvalue weighted by Crippen LogP contribution is -2.49. The molecule has 2 aromatic rings. The topological polar surface area (TPSA) is 48.5 Å². The summed E-state index contributed by atoms with van der Waals surface area (Å²) in [4.78, 5) is 20.6. The Morgan fingerprint density at radius 2 is 1.92 bits per heavy atom. The number of nitrogens with zero attached hydrogens (tertiary/aromatic N) is 3. The van der Waals surface area contributed by atoms with Gasteiger partial charge in [0.15, 0.2) is 0 Å². The number of carbonyl (C=O) groups excluding carboxylic acids is 1. The Labute approximate surface area is 151 Å². The number of urea groups is 1. The van der Waals surface area contributed by atoms with E-state index in [0.29, 0.717) is 28.8 Å². The van der Waals surface area contributed by atoms with Crippen LogP contribution in [0, 0.1) is 0 Å². The van der Waals surface area contributed by atoms with E-state index in [0.717, 1.165) is 19.6 Å². The van der Waals surface area contributed by atoms with Crippen LogP contribution in [0.25, 0.3) is 0 Å². The van der Waals surface area contributed by atoms with E-state index in [1.165, 1.54) is 5.56 Å². The minimum Gasteiger partial charge on any atom is -0.322 e. The average molecular weight is 365 g/mol. The maximum Gasteiger partial charge on any atom is 0.321 e. The molecule has 1 fully saturated rings. The predicted molar refractivity (Wildman–Crippen MR) is 96.6 cm³/mol. The molecule has 24 heavy (non-hydrogen) atoms. The molecular weight excluding hydrogens is 347 g/mol. The van der Waals surface area contributed by atoms with Crippen molar-refractivity contribution in [1.82, 2.24) is 14.8 Å². The summed E-state index contributed by atoms with van der Waals surface area (Å²) in [6.07, 6.45) is 3.65. The molecule has 126 valence electrons. The fraction of sp³-hybridized carbons (Fsp3) is 0.294. The Balaban J connectivity index is 1.50. The van der Waals surface area contributed by atoms with Crippen molar-refractivity contribution < 1.29 is 4.79 Å². The van der Waals surface area contributed by atoms with Crippen LogP contribution in [0.5, 0.6) is 0 Å². The van der Waals surface area contributed by atoms with Gasteiger partial charge >= 0.3 is 6.03 Å². The molecule has 1 saturated heterocycles. The molecule has 0 radical (unpaired) electrons. The number of hydrogen-bond acceptors (Lipinski definition) is 3. The minimum atomic E-state index is -0.116. The van der Waals surface area contributed by atoms with Crippen molar-refractivity contribution in [2.24, 2.45) is 0 Å². The van der Waals surface area contributed by atoms with Gasteiger partial charge in [-0.05, 0) is 29.8 Å². The molecule has 2 amide bonds. The van der Waals surface area contributed by atoms with E-state index in [9.17, 15) is 4.79 Å². The molecule has 0 saturated carbocycles. The maximum absolute atomic E-state index is 12.3. The van der Waals surface area contributed by atoms with Gasteiger partial charge in [0.05, 0.1) is 10.0 Å². The van der Waals surface area contributed by atoms with E-state index >= 15 is 0 Å². The minimum absolute atomic E-state index is 0.116. The van der Waals surface area contributed by atoms with Gasteiger partial charge in [0, 0.05) is 50.8 Å². The highest BCUT2D eigenvalue weighted by molar-refractivity contribution is 6.42. The van der Waals surface area contributed by atoms with Crippen LogP contribution in [-0.2, 0) is 6.54 Å². The third kappa shape index (κ3) is 4.38.